The number of fused-ring (bicyclic) bond motifs is 1. The van der Waals surface area contributed by atoms with Crippen molar-refractivity contribution in [2.45, 2.75) is 33.4 Å². The fourth-order valence-electron chi connectivity index (χ4n) is 4.87. The third-order valence-corrected chi connectivity index (χ3v) is 8.59. The Hall–Kier alpha value is -3.55. The van der Waals surface area contributed by atoms with Crippen LogP contribution in [0.5, 0.6) is 11.5 Å². The summed E-state index contributed by atoms with van der Waals surface area (Å²) in [5.41, 5.74) is 5.11. The molecule has 0 radical (unpaired) electrons. The van der Waals surface area contributed by atoms with E-state index in [1.807, 2.05) is 73.3 Å². The van der Waals surface area contributed by atoms with Crippen molar-refractivity contribution in [2.75, 3.05) is 19.8 Å². The first-order chi connectivity index (χ1) is 19.6. The zero-order valence-corrected chi connectivity index (χ0v) is 25.2. The van der Waals surface area contributed by atoms with Crippen LogP contribution in [0.25, 0.3) is 10.2 Å². The molecular weight excluding hydrogens is 584 g/mol. The number of rotatable bonds is 12. The van der Waals surface area contributed by atoms with Gasteiger partial charge in [-0.1, -0.05) is 66.7 Å². The van der Waals surface area contributed by atoms with Crippen LogP contribution in [-0.4, -0.2) is 35.1 Å². The smallest absolute Gasteiger partial charge is 0.270 e. The highest BCUT2D eigenvalue weighted by molar-refractivity contribution is 9.10. The highest BCUT2D eigenvalue weighted by atomic mass is 79.9. The van der Waals surface area contributed by atoms with Gasteiger partial charge in [-0.15, -0.1) is 11.3 Å². The van der Waals surface area contributed by atoms with E-state index < -0.39 is 0 Å². The molecule has 7 heteroatoms. The Morgan fingerprint density at radius 2 is 1.52 bits per heavy atom. The summed E-state index contributed by atoms with van der Waals surface area (Å²) in [4.78, 5) is 16.3. The Morgan fingerprint density at radius 1 is 0.850 bits per heavy atom. The fraction of sp³-hybridized carbons (Fsp3) is 0.242. The number of carbonyl (C=O) groups excluding carboxylic acids is 1. The van der Waals surface area contributed by atoms with Gasteiger partial charge in [-0.25, -0.2) is 0 Å². The topological polar surface area (TPSA) is 43.7 Å². The molecule has 0 aliphatic heterocycles. The molecule has 0 N–H and O–H groups in total. The van der Waals surface area contributed by atoms with Crippen LogP contribution in [-0.2, 0) is 19.5 Å². The summed E-state index contributed by atoms with van der Waals surface area (Å²) in [5, 5.41) is 2.09. The van der Waals surface area contributed by atoms with Crippen LogP contribution in [0.2, 0.25) is 0 Å². The number of aromatic nitrogens is 1. The molecule has 0 atom stereocenters. The highest BCUT2D eigenvalue weighted by Gasteiger charge is 2.24. The van der Waals surface area contributed by atoms with Gasteiger partial charge in [-0.05, 0) is 71.1 Å². The Morgan fingerprint density at radius 3 is 2.23 bits per heavy atom. The molecule has 0 bridgehead atoms. The van der Waals surface area contributed by atoms with Crippen LogP contribution in [0, 0.1) is 0 Å². The van der Waals surface area contributed by atoms with Gasteiger partial charge in [0.05, 0.1) is 27.9 Å². The quantitative estimate of drug-likeness (QED) is 0.142. The Labute approximate surface area is 248 Å². The summed E-state index contributed by atoms with van der Waals surface area (Å²) < 4.78 is 15.8. The maximum absolute atomic E-state index is 14.3. The van der Waals surface area contributed by atoms with Crippen LogP contribution in [0.1, 0.15) is 41.0 Å². The van der Waals surface area contributed by atoms with E-state index in [0.717, 1.165) is 42.9 Å². The van der Waals surface area contributed by atoms with Gasteiger partial charge < -0.3 is 18.9 Å². The van der Waals surface area contributed by atoms with Crippen molar-refractivity contribution in [1.29, 1.82) is 0 Å². The molecule has 0 saturated heterocycles. The van der Waals surface area contributed by atoms with Gasteiger partial charge in [-0.2, -0.15) is 0 Å². The van der Waals surface area contributed by atoms with Gasteiger partial charge in [0, 0.05) is 25.0 Å². The molecule has 0 saturated carbocycles. The molecule has 5 rings (SSSR count). The van der Waals surface area contributed by atoms with Gasteiger partial charge in [0.1, 0.15) is 5.69 Å². The summed E-state index contributed by atoms with van der Waals surface area (Å²) in [5.74, 6) is 1.50. The number of nitrogens with zero attached hydrogens (tertiary/aromatic N) is 2. The van der Waals surface area contributed by atoms with Crippen LogP contribution in [0.3, 0.4) is 0 Å². The molecule has 0 unspecified atom stereocenters. The van der Waals surface area contributed by atoms with E-state index in [2.05, 4.69) is 56.2 Å². The van der Waals surface area contributed by atoms with Crippen molar-refractivity contribution >= 4 is 43.4 Å². The predicted molar refractivity (Wildman–Crippen MR) is 167 cm³/mol. The number of carbonyl (C=O) groups is 1. The maximum Gasteiger partial charge on any atom is 0.270 e. The first-order valence-corrected chi connectivity index (χ1v) is 15.3. The Balaban J connectivity index is 1.47. The Kier molecular flexibility index (Phi) is 9.24. The van der Waals surface area contributed by atoms with Gasteiger partial charge in [0.2, 0.25) is 0 Å². The minimum absolute atomic E-state index is 0.0195. The van der Waals surface area contributed by atoms with E-state index in [0.29, 0.717) is 45.0 Å². The average Bonchev–Trinajstić information content (AvgIpc) is 3.52. The van der Waals surface area contributed by atoms with Crippen molar-refractivity contribution in [2.24, 2.45) is 0 Å². The van der Waals surface area contributed by atoms with E-state index in [9.17, 15) is 4.79 Å². The molecule has 1 amide bonds. The lowest BCUT2D eigenvalue weighted by Gasteiger charge is -2.24. The van der Waals surface area contributed by atoms with Crippen molar-refractivity contribution in [3.05, 3.63) is 117 Å². The molecule has 0 aliphatic carbocycles. The van der Waals surface area contributed by atoms with E-state index >= 15 is 0 Å². The molecule has 0 spiro atoms. The zero-order chi connectivity index (χ0) is 27.9. The number of hydrogen-bond acceptors (Lipinski definition) is 4. The van der Waals surface area contributed by atoms with Crippen molar-refractivity contribution in [3.8, 4) is 11.5 Å². The van der Waals surface area contributed by atoms with Crippen molar-refractivity contribution < 1.29 is 14.3 Å². The van der Waals surface area contributed by atoms with Crippen LogP contribution in [0.4, 0.5) is 0 Å². The number of hydrogen-bond donors (Lipinski definition) is 0. The zero-order valence-electron chi connectivity index (χ0n) is 22.8. The summed E-state index contributed by atoms with van der Waals surface area (Å²) >= 11 is 5.37. The molecule has 0 aliphatic rings. The second kappa shape index (κ2) is 13.2. The number of halogens is 1. The minimum Gasteiger partial charge on any atom is -0.490 e. The lowest BCUT2D eigenvalue weighted by Crippen LogP contribution is -2.34. The summed E-state index contributed by atoms with van der Waals surface area (Å²) in [6, 6.07) is 28.6. The SMILES string of the molecule is CCOc1ccc(CCN(Cc2ccccc2)C(=O)c2cc3scc(Br)c3n2Cc2ccccc2)cc1OCC. The van der Waals surface area contributed by atoms with E-state index in [-0.39, 0.29) is 5.91 Å². The summed E-state index contributed by atoms with van der Waals surface area (Å²) in [6.07, 6.45) is 0.697. The number of thiophene rings is 1. The summed E-state index contributed by atoms with van der Waals surface area (Å²) in [6.45, 7) is 6.79. The van der Waals surface area contributed by atoms with E-state index in [1.165, 1.54) is 0 Å². The molecule has 5 aromatic rings. The second-order valence-corrected chi connectivity index (χ2v) is 11.3. The van der Waals surface area contributed by atoms with Crippen molar-refractivity contribution in [1.82, 2.24) is 9.47 Å². The normalized spacial score (nSPS) is 11.1. The standard InChI is InChI=1S/C33H33BrN2O3S/c1-3-38-29-16-15-24(19-30(29)39-4-2)17-18-35(21-25-11-7-5-8-12-25)33(37)28-20-31-32(27(34)23-40-31)36(28)22-26-13-9-6-10-14-26/h5-16,19-20,23H,3-4,17-18,21-22H2,1-2H3. The first kappa shape index (κ1) is 28.0. The molecular formula is C33H33BrN2O3S. The van der Waals surface area contributed by atoms with Gasteiger partial charge in [-0.3, -0.25) is 4.79 Å². The van der Waals surface area contributed by atoms with Gasteiger partial charge in [0.25, 0.3) is 5.91 Å². The van der Waals surface area contributed by atoms with E-state index in [4.69, 9.17) is 9.47 Å². The second-order valence-electron chi connectivity index (χ2n) is 9.51. The van der Waals surface area contributed by atoms with Crippen LogP contribution >= 0.6 is 27.3 Å². The van der Waals surface area contributed by atoms with Gasteiger partial charge in [0.15, 0.2) is 11.5 Å². The summed E-state index contributed by atoms with van der Waals surface area (Å²) in [7, 11) is 0. The number of amides is 1. The molecule has 206 valence electrons. The average molecular weight is 618 g/mol. The lowest BCUT2D eigenvalue weighted by molar-refractivity contribution is 0.0735. The van der Waals surface area contributed by atoms with Gasteiger partial charge >= 0.3 is 0 Å². The van der Waals surface area contributed by atoms with Crippen molar-refractivity contribution in [3.63, 3.8) is 0 Å². The molecule has 2 heterocycles. The largest absolute Gasteiger partial charge is 0.490 e. The fourth-order valence-corrected chi connectivity index (χ4v) is 6.56. The number of ether oxygens (including phenoxy) is 2. The third kappa shape index (κ3) is 6.43. The molecule has 0 fully saturated rings. The minimum atomic E-state index is 0.0195. The first-order valence-electron chi connectivity index (χ1n) is 13.6. The Bertz CT molecular complexity index is 1560. The van der Waals surface area contributed by atoms with Crippen LogP contribution in [0.15, 0.2) is 94.8 Å². The number of benzene rings is 3. The predicted octanol–water partition coefficient (Wildman–Crippen LogP) is 8.20. The molecule has 2 aromatic heterocycles. The third-order valence-electron chi connectivity index (χ3n) is 6.76. The molecule has 5 nitrogen and oxygen atoms in total. The monoisotopic (exact) mass is 616 g/mol. The van der Waals surface area contributed by atoms with E-state index in [1.54, 1.807) is 11.3 Å². The highest BCUT2D eigenvalue weighted by Crippen LogP contribution is 2.35. The molecule has 40 heavy (non-hydrogen) atoms. The molecule has 3 aromatic carbocycles. The maximum atomic E-state index is 14.3. The van der Waals surface area contributed by atoms with Crippen LogP contribution < -0.4 is 9.47 Å². The lowest BCUT2D eigenvalue weighted by atomic mass is 10.1.